The molecule has 0 aliphatic heterocycles. The number of nitrogens with one attached hydrogen (secondary N) is 1. The molecule has 1 amide bonds. The minimum absolute atomic E-state index is 0.130. The van der Waals surface area contributed by atoms with Crippen LogP contribution >= 0.6 is 0 Å². The number of amides is 1. The van der Waals surface area contributed by atoms with Gasteiger partial charge in [-0.3, -0.25) is 4.79 Å². The van der Waals surface area contributed by atoms with Crippen LogP contribution in [0.5, 0.6) is 11.8 Å². The average Bonchev–Trinajstić information content (AvgIpc) is 2.37. The van der Waals surface area contributed by atoms with Gasteiger partial charge in [0.1, 0.15) is 12.1 Å². The Morgan fingerprint density at radius 3 is 2.17 bits per heavy atom. The third-order valence-corrected chi connectivity index (χ3v) is 2.19. The van der Waals surface area contributed by atoms with Crippen molar-refractivity contribution in [3.05, 3.63) is 24.3 Å². The fourth-order valence-corrected chi connectivity index (χ4v) is 1.16. The molecule has 7 heteroatoms. The Morgan fingerprint density at radius 1 is 1.28 bits per heavy atom. The van der Waals surface area contributed by atoms with E-state index in [4.69, 9.17) is 9.47 Å². The highest BCUT2D eigenvalue weighted by atomic mass is 16.5. The van der Waals surface area contributed by atoms with Crippen LogP contribution in [0.25, 0.3) is 0 Å². The first-order valence-corrected chi connectivity index (χ1v) is 5.11. The van der Waals surface area contributed by atoms with Crippen LogP contribution < -0.4 is 14.8 Å². The van der Waals surface area contributed by atoms with Gasteiger partial charge < -0.3 is 19.7 Å². The third kappa shape index (κ3) is 2.88. The highest BCUT2D eigenvalue weighted by molar-refractivity contribution is 5.99. The van der Waals surface area contributed by atoms with Gasteiger partial charge in [-0.25, -0.2) is 9.97 Å². The molecule has 7 nitrogen and oxygen atoms in total. The van der Waals surface area contributed by atoms with Crippen molar-refractivity contribution in [3.8, 4) is 11.8 Å². The first-order chi connectivity index (χ1) is 8.51. The molecule has 1 rings (SSSR count). The number of aromatic nitrogens is 2. The molecule has 0 saturated heterocycles. The summed E-state index contributed by atoms with van der Waals surface area (Å²) < 4.78 is 10.0. The zero-order valence-corrected chi connectivity index (χ0v) is 10.9. The molecule has 0 saturated carbocycles. The van der Waals surface area contributed by atoms with Crippen molar-refractivity contribution in [2.24, 2.45) is 0 Å². The second-order valence-electron chi connectivity index (χ2n) is 3.56. The molecule has 0 bridgehead atoms. The minimum atomic E-state index is -0.442. The van der Waals surface area contributed by atoms with Gasteiger partial charge in [0.2, 0.25) is 11.8 Å². The van der Waals surface area contributed by atoms with Gasteiger partial charge in [0.15, 0.2) is 5.56 Å². The van der Waals surface area contributed by atoms with Gasteiger partial charge in [-0.05, 0) is 0 Å². The van der Waals surface area contributed by atoms with Crippen LogP contribution in [0, 0.1) is 0 Å². The highest BCUT2D eigenvalue weighted by Crippen LogP contribution is 2.23. The number of rotatable bonds is 5. The third-order valence-electron chi connectivity index (χ3n) is 2.19. The molecule has 1 heterocycles. The average molecular weight is 252 g/mol. The van der Waals surface area contributed by atoms with E-state index in [9.17, 15) is 4.79 Å². The fraction of sp³-hybridized carbons (Fsp3) is 0.364. The summed E-state index contributed by atoms with van der Waals surface area (Å²) in [6, 6.07) is 0. The second-order valence-corrected chi connectivity index (χ2v) is 3.56. The van der Waals surface area contributed by atoms with E-state index < -0.39 is 5.91 Å². The van der Waals surface area contributed by atoms with Crippen molar-refractivity contribution in [1.29, 1.82) is 0 Å². The number of carbonyl (C=O) groups excluding carboxylic acids is 1. The number of hydrogen-bond acceptors (Lipinski definition) is 6. The molecule has 0 radical (unpaired) electrons. The maximum Gasteiger partial charge on any atom is 0.267 e. The van der Waals surface area contributed by atoms with Crippen molar-refractivity contribution in [1.82, 2.24) is 20.2 Å². The second kappa shape index (κ2) is 5.85. The maximum absolute atomic E-state index is 12.1. The van der Waals surface area contributed by atoms with Crippen molar-refractivity contribution < 1.29 is 14.3 Å². The van der Waals surface area contributed by atoms with Crippen LogP contribution in [0.15, 0.2) is 18.7 Å². The summed E-state index contributed by atoms with van der Waals surface area (Å²) in [5.74, 6) is 0.285. The van der Waals surface area contributed by atoms with Crippen LogP contribution in [0.2, 0.25) is 0 Å². The van der Waals surface area contributed by atoms with Gasteiger partial charge in [0, 0.05) is 14.1 Å². The Hall–Kier alpha value is -2.31. The number of methoxy groups -OCH3 is 2. The van der Waals surface area contributed by atoms with E-state index in [1.54, 1.807) is 19.0 Å². The van der Waals surface area contributed by atoms with Crippen LogP contribution in [0.1, 0.15) is 10.4 Å². The molecule has 1 aromatic heterocycles. The molecule has 0 aromatic carbocycles. The maximum atomic E-state index is 12.1. The summed E-state index contributed by atoms with van der Waals surface area (Å²) in [7, 11) is 6.36. The lowest BCUT2D eigenvalue weighted by atomic mass is 10.3. The molecule has 1 N–H and O–H groups in total. The van der Waals surface area contributed by atoms with Crippen molar-refractivity contribution in [2.45, 2.75) is 0 Å². The smallest absolute Gasteiger partial charge is 0.267 e. The van der Waals surface area contributed by atoms with E-state index in [-0.39, 0.29) is 17.3 Å². The Labute approximate surface area is 105 Å². The molecule has 0 atom stereocenters. The molecule has 0 fully saturated rings. The molecule has 0 spiro atoms. The summed E-state index contributed by atoms with van der Waals surface area (Å²) >= 11 is 0. The van der Waals surface area contributed by atoms with Crippen molar-refractivity contribution in [3.63, 3.8) is 0 Å². The summed E-state index contributed by atoms with van der Waals surface area (Å²) in [6.07, 6.45) is 1.26. The summed E-state index contributed by atoms with van der Waals surface area (Å²) in [4.78, 5) is 21.5. The van der Waals surface area contributed by atoms with Gasteiger partial charge in [-0.1, -0.05) is 6.58 Å². The monoisotopic (exact) mass is 252 g/mol. The first-order valence-electron chi connectivity index (χ1n) is 5.11. The van der Waals surface area contributed by atoms with Gasteiger partial charge in [-0.15, -0.1) is 0 Å². The zero-order valence-electron chi connectivity index (χ0n) is 10.9. The van der Waals surface area contributed by atoms with Crippen LogP contribution in [-0.2, 0) is 0 Å². The fourth-order valence-electron chi connectivity index (χ4n) is 1.16. The predicted octanol–water partition coefficient (Wildman–Crippen LogP) is 0.256. The van der Waals surface area contributed by atoms with Crippen LogP contribution in [-0.4, -0.2) is 49.1 Å². The largest absolute Gasteiger partial charge is 0.480 e. The van der Waals surface area contributed by atoms with Gasteiger partial charge in [0.05, 0.1) is 14.2 Å². The molecule has 18 heavy (non-hydrogen) atoms. The Kier molecular flexibility index (Phi) is 4.47. The number of ether oxygens (including phenoxy) is 2. The Balaban J connectivity index is 3.07. The molecule has 0 unspecified atom stereocenters. The lowest BCUT2D eigenvalue weighted by Gasteiger charge is -2.17. The van der Waals surface area contributed by atoms with Crippen molar-refractivity contribution in [2.75, 3.05) is 28.3 Å². The number of nitrogens with zero attached hydrogens (tertiary/aromatic N) is 3. The van der Waals surface area contributed by atoms with Gasteiger partial charge >= 0.3 is 0 Å². The normalized spacial score (nSPS) is 9.56. The molecule has 98 valence electrons. The van der Waals surface area contributed by atoms with E-state index in [0.717, 1.165) is 0 Å². The lowest BCUT2D eigenvalue weighted by Crippen LogP contribution is -2.31. The molecule has 0 aliphatic carbocycles. The standard InChI is InChI=1S/C11H16N4O3/c1-7(15(2)3)14-9(16)8-10(17-4)12-6-13-11(8)18-5/h6H,1H2,2-5H3,(H,14,16). The quantitative estimate of drug-likeness (QED) is 0.810. The van der Waals surface area contributed by atoms with E-state index in [2.05, 4.69) is 21.9 Å². The Morgan fingerprint density at radius 2 is 1.78 bits per heavy atom. The van der Waals surface area contributed by atoms with Gasteiger partial charge in [-0.2, -0.15) is 0 Å². The topological polar surface area (TPSA) is 76.6 Å². The predicted molar refractivity (Wildman–Crippen MR) is 65.4 cm³/mol. The molecule has 0 aliphatic rings. The SMILES string of the molecule is C=C(NC(=O)c1c(OC)ncnc1OC)N(C)C. The van der Waals surface area contributed by atoms with Crippen LogP contribution in [0.4, 0.5) is 0 Å². The van der Waals surface area contributed by atoms with E-state index >= 15 is 0 Å². The van der Waals surface area contributed by atoms with E-state index in [1.165, 1.54) is 20.5 Å². The Bertz CT molecular complexity index is 437. The number of hydrogen-bond donors (Lipinski definition) is 1. The van der Waals surface area contributed by atoms with Crippen molar-refractivity contribution >= 4 is 5.91 Å². The van der Waals surface area contributed by atoms with E-state index in [0.29, 0.717) is 5.82 Å². The van der Waals surface area contributed by atoms with Crippen LogP contribution in [0.3, 0.4) is 0 Å². The minimum Gasteiger partial charge on any atom is -0.480 e. The highest BCUT2D eigenvalue weighted by Gasteiger charge is 2.21. The molecular weight excluding hydrogens is 236 g/mol. The molecule has 1 aromatic rings. The lowest BCUT2D eigenvalue weighted by molar-refractivity contribution is 0.0948. The van der Waals surface area contributed by atoms with Gasteiger partial charge in [0.25, 0.3) is 5.91 Å². The van der Waals surface area contributed by atoms with E-state index in [1.807, 2.05) is 0 Å². The first kappa shape index (κ1) is 13.8. The summed E-state index contributed by atoms with van der Waals surface area (Å²) in [6.45, 7) is 3.70. The number of carbonyl (C=O) groups is 1. The zero-order chi connectivity index (χ0) is 13.7. The molecular formula is C11H16N4O3. The summed E-state index contributed by atoms with van der Waals surface area (Å²) in [5.41, 5.74) is 0.130. The summed E-state index contributed by atoms with van der Waals surface area (Å²) in [5, 5.41) is 2.60.